The zero-order chi connectivity index (χ0) is 17.5. The van der Waals surface area contributed by atoms with Crippen LogP contribution >= 0.6 is 0 Å². The molecule has 0 radical (unpaired) electrons. The fourth-order valence-electron chi connectivity index (χ4n) is 3.12. The van der Waals surface area contributed by atoms with Crippen LogP contribution in [0.25, 0.3) is 11.1 Å². The van der Waals surface area contributed by atoms with Gasteiger partial charge in [0.2, 0.25) is 11.8 Å². The van der Waals surface area contributed by atoms with Crippen LogP contribution in [0.15, 0.2) is 54.6 Å². The van der Waals surface area contributed by atoms with Crippen molar-refractivity contribution in [1.29, 1.82) is 0 Å². The molecule has 2 N–H and O–H groups in total. The normalized spacial score (nSPS) is 17.4. The second-order valence-corrected chi connectivity index (χ2v) is 6.47. The zero-order valence-corrected chi connectivity index (χ0v) is 14.3. The average Bonchev–Trinajstić information content (AvgIpc) is 2.87. The van der Waals surface area contributed by atoms with Crippen molar-refractivity contribution in [1.82, 2.24) is 10.6 Å². The number of hydrogen-bond donors (Lipinski definition) is 2. The third-order valence-corrected chi connectivity index (χ3v) is 4.57. The SMILES string of the molecule is O=C1CCCC[C@H](C(=O)NCCc2ccc(-c3ccccc3)cc2)N1. The summed E-state index contributed by atoms with van der Waals surface area (Å²) in [5, 5.41) is 5.74. The Morgan fingerprint density at radius 3 is 2.48 bits per heavy atom. The first kappa shape index (κ1) is 17.2. The van der Waals surface area contributed by atoms with Crippen LogP contribution in [0, 0.1) is 0 Å². The van der Waals surface area contributed by atoms with Gasteiger partial charge in [0.05, 0.1) is 0 Å². The number of hydrogen-bond acceptors (Lipinski definition) is 2. The molecule has 2 aromatic rings. The Bertz CT molecular complexity index is 710. The summed E-state index contributed by atoms with van der Waals surface area (Å²) in [6.45, 7) is 0.579. The van der Waals surface area contributed by atoms with E-state index in [1.807, 2.05) is 18.2 Å². The first-order chi connectivity index (χ1) is 12.2. The van der Waals surface area contributed by atoms with Gasteiger partial charge in [-0.15, -0.1) is 0 Å². The molecule has 4 nitrogen and oxygen atoms in total. The minimum absolute atomic E-state index is 0.0193. The summed E-state index contributed by atoms with van der Waals surface area (Å²) < 4.78 is 0. The van der Waals surface area contributed by atoms with Gasteiger partial charge in [0.1, 0.15) is 6.04 Å². The Kier molecular flexibility index (Phi) is 5.83. The Hall–Kier alpha value is -2.62. The van der Waals surface area contributed by atoms with Crippen LogP contribution in [0.1, 0.15) is 31.2 Å². The predicted molar refractivity (Wildman–Crippen MR) is 99.0 cm³/mol. The van der Waals surface area contributed by atoms with E-state index in [1.165, 1.54) is 16.7 Å². The van der Waals surface area contributed by atoms with Crippen LogP contribution in [-0.4, -0.2) is 24.4 Å². The van der Waals surface area contributed by atoms with Crippen LogP contribution in [0.2, 0.25) is 0 Å². The van der Waals surface area contributed by atoms with Gasteiger partial charge in [-0.2, -0.15) is 0 Å². The summed E-state index contributed by atoms with van der Waals surface area (Å²) in [7, 11) is 0. The minimum atomic E-state index is -0.379. The lowest BCUT2D eigenvalue weighted by Crippen LogP contribution is -2.46. The molecule has 3 rings (SSSR count). The molecule has 0 aromatic heterocycles. The highest BCUT2D eigenvalue weighted by atomic mass is 16.2. The van der Waals surface area contributed by atoms with E-state index in [0.717, 1.165) is 25.7 Å². The van der Waals surface area contributed by atoms with Crippen LogP contribution < -0.4 is 10.6 Å². The molecule has 1 aliphatic heterocycles. The van der Waals surface area contributed by atoms with Gasteiger partial charge in [-0.1, -0.05) is 61.0 Å². The van der Waals surface area contributed by atoms with Gasteiger partial charge >= 0.3 is 0 Å². The molecule has 0 bridgehead atoms. The number of rotatable bonds is 5. The Labute approximate surface area is 148 Å². The molecule has 1 saturated heterocycles. The molecule has 2 amide bonds. The summed E-state index contributed by atoms with van der Waals surface area (Å²) in [5.41, 5.74) is 3.57. The average molecular weight is 336 g/mol. The lowest BCUT2D eigenvalue weighted by Gasteiger charge is -2.15. The Morgan fingerprint density at radius 1 is 1.00 bits per heavy atom. The van der Waals surface area contributed by atoms with Crippen LogP contribution in [-0.2, 0) is 16.0 Å². The molecule has 0 spiro atoms. The van der Waals surface area contributed by atoms with E-state index < -0.39 is 0 Å². The fourth-order valence-corrected chi connectivity index (χ4v) is 3.12. The van der Waals surface area contributed by atoms with Gasteiger partial charge in [-0.05, 0) is 36.0 Å². The topological polar surface area (TPSA) is 58.2 Å². The van der Waals surface area contributed by atoms with Crippen LogP contribution in [0.4, 0.5) is 0 Å². The molecule has 0 saturated carbocycles. The zero-order valence-electron chi connectivity index (χ0n) is 14.3. The quantitative estimate of drug-likeness (QED) is 0.881. The molecular weight excluding hydrogens is 312 g/mol. The number of carbonyl (C=O) groups excluding carboxylic acids is 2. The minimum Gasteiger partial charge on any atom is -0.354 e. The highest BCUT2D eigenvalue weighted by Crippen LogP contribution is 2.19. The molecule has 4 heteroatoms. The van der Waals surface area contributed by atoms with Gasteiger partial charge < -0.3 is 10.6 Å². The summed E-state index contributed by atoms with van der Waals surface area (Å²) in [6, 6.07) is 18.3. The van der Waals surface area contributed by atoms with Gasteiger partial charge in [-0.3, -0.25) is 9.59 Å². The largest absolute Gasteiger partial charge is 0.354 e. The van der Waals surface area contributed by atoms with Crippen molar-refractivity contribution >= 4 is 11.8 Å². The number of benzene rings is 2. The first-order valence-electron chi connectivity index (χ1n) is 8.94. The fraction of sp³-hybridized carbons (Fsp3) is 0.333. The third-order valence-electron chi connectivity index (χ3n) is 4.57. The van der Waals surface area contributed by atoms with Crippen molar-refractivity contribution in [3.63, 3.8) is 0 Å². The highest BCUT2D eigenvalue weighted by molar-refractivity contribution is 5.87. The van der Waals surface area contributed by atoms with E-state index >= 15 is 0 Å². The van der Waals surface area contributed by atoms with E-state index in [2.05, 4.69) is 47.0 Å². The molecule has 25 heavy (non-hydrogen) atoms. The highest BCUT2D eigenvalue weighted by Gasteiger charge is 2.22. The van der Waals surface area contributed by atoms with Gasteiger partial charge in [0.15, 0.2) is 0 Å². The van der Waals surface area contributed by atoms with E-state index in [1.54, 1.807) is 0 Å². The molecule has 1 heterocycles. The van der Waals surface area contributed by atoms with Crippen molar-refractivity contribution in [2.24, 2.45) is 0 Å². The maximum absolute atomic E-state index is 12.2. The van der Waals surface area contributed by atoms with Crippen molar-refractivity contribution in [3.05, 3.63) is 60.2 Å². The number of amides is 2. The van der Waals surface area contributed by atoms with Gasteiger partial charge in [0.25, 0.3) is 0 Å². The van der Waals surface area contributed by atoms with Gasteiger partial charge in [0, 0.05) is 13.0 Å². The summed E-state index contributed by atoms with van der Waals surface area (Å²) in [6.07, 6.45) is 3.81. The Morgan fingerprint density at radius 2 is 1.72 bits per heavy atom. The van der Waals surface area contributed by atoms with E-state index in [9.17, 15) is 9.59 Å². The van der Waals surface area contributed by atoms with Crippen molar-refractivity contribution in [3.8, 4) is 11.1 Å². The number of nitrogens with one attached hydrogen (secondary N) is 2. The molecular formula is C21H24N2O2. The second-order valence-electron chi connectivity index (χ2n) is 6.47. The monoisotopic (exact) mass is 336 g/mol. The third kappa shape index (κ3) is 4.92. The molecule has 1 fully saturated rings. The Balaban J connectivity index is 1.48. The predicted octanol–water partition coefficient (Wildman–Crippen LogP) is 3.07. The second kappa shape index (κ2) is 8.47. The maximum Gasteiger partial charge on any atom is 0.242 e. The van der Waals surface area contributed by atoms with E-state index in [0.29, 0.717) is 13.0 Å². The first-order valence-corrected chi connectivity index (χ1v) is 8.94. The molecule has 1 atom stereocenters. The lowest BCUT2D eigenvalue weighted by molar-refractivity contribution is -0.128. The van der Waals surface area contributed by atoms with Crippen LogP contribution in [0.3, 0.4) is 0 Å². The molecule has 0 aliphatic carbocycles. The summed E-state index contributed by atoms with van der Waals surface area (Å²) >= 11 is 0. The standard InChI is InChI=1S/C21H24N2O2/c24-20-9-5-4-8-19(23-20)21(25)22-15-14-16-10-12-18(13-11-16)17-6-2-1-3-7-17/h1-3,6-7,10-13,19H,4-5,8-9,14-15H2,(H,22,25)(H,23,24)/t19-/m1/s1. The maximum atomic E-state index is 12.2. The van der Waals surface area contributed by atoms with E-state index in [4.69, 9.17) is 0 Å². The summed E-state index contributed by atoms with van der Waals surface area (Å²) in [5.74, 6) is -0.0923. The number of carbonyl (C=O) groups is 2. The van der Waals surface area contributed by atoms with Crippen molar-refractivity contribution in [2.45, 2.75) is 38.1 Å². The molecule has 2 aromatic carbocycles. The van der Waals surface area contributed by atoms with Crippen molar-refractivity contribution in [2.75, 3.05) is 6.54 Å². The van der Waals surface area contributed by atoms with Crippen molar-refractivity contribution < 1.29 is 9.59 Å². The van der Waals surface area contributed by atoms with E-state index in [-0.39, 0.29) is 17.9 Å². The molecule has 1 aliphatic rings. The molecule has 130 valence electrons. The smallest absolute Gasteiger partial charge is 0.242 e. The lowest BCUT2D eigenvalue weighted by atomic mass is 10.0. The molecule has 0 unspecified atom stereocenters. The summed E-state index contributed by atoms with van der Waals surface area (Å²) in [4.78, 5) is 23.8. The van der Waals surface area contributed by atoms with Gasteiger partial charge in [-0.25, -0.2) is 0 Å². The van der Waals surface area contributed by atoms with Crippen LogP contribution in [0.5, 0.6) is 0 Å².